The van der Waals surface area contributed by atoms with Gasteiger partial charge in [0.15, 0.2) is 0 Å². The Morgan fingerprint density at radius 3 is 2.46 bits per heavy atom. The smallest absolute Gasteiger partial charge is 0.211 e. The van der Waals surface area contributed by atoms with Crippen molar-refractivity contribution in [1.29, 1.82) is 0 Å². The lowest BCUT2D eigenvalue weighted by Gasteiger charge is -2.22. The number of hydrogen-bond donors (Lipinski definition) is 0. The molecule has 126 valence electrons. The molecule has 0 saturated heterocycles. The Kier molecular flexibility index (Phi) is 3.60. The molecule has 0 aliphatic heterocycles. The molecule has 5 rings (SSSR count). The third kappa shape index (κ3) is 2.51. The number of fused-ring (bicyclic) bond motifs is 2. The van der Waals surface area contributed by atoms with Crippen LogP contribution in [0.3, 0.4) is 0 Å². The van der Waals surface area contributed by atoms with Crippen molar-refractivity contribution in [2.45, 2.75) is 19.3 Å². The van der Waals surface area contributed by atoms with Gasteiger partial charge in [-0.1, -0.05) is 60.7 Å². The molecule has 0 amide bonds. The third-order valence-corrected chi connectivity index (χ3v) is 4.89. The van der Waals surface area contributed by atoms with Crippen molar-refractivity contribution in [1.82, 2.24) is 19.6 Å². The predicted molar refractivity (Wildman–Crippen MR) is 103 cm³/mol. The lowest BCUT2D eigenvalue weighted by molar-refractivity contribution is 0.792. The molecule has 4 nitrogen and oxygen atoms in total. The van der Waals surface area contributed by atoms with Gasteiger partial charge in [0.2, 0.25) is 0 Å². The molecular weight excluding hydrogens is 320 g/mol. The average Bonchev–Trinajstić information content (AvgIpc) is 3.16. The van der Waals surface area contributed by atoms with Crippen molar-refractivity contribution in [3.8, 4) is 11.3 Å². The summed E-state index contributed by atoms with van der Waals surface area (Å²) in [6.07, 6.45) is 7.00. The molecule has 0 saturated carbocycles. The van der Waals surface area contributed by atoms with Crippen LogP contribution in [0, 0.1) is 0 Å². The Morgan fingerprint density at radius 2 is 1.65 bits per heavy atom. The van der Waals surface area contributed by atoms with Crippen LogP contribution >= 0.6 is 0 Å². The van der Waals surface area contributed by atoms with E-state index in [0.717, 1.165) is 36.2 Å². The minimum atomic E-state index is 0.656. The van der Waals surface area contributed by atoms with Gasteiger partial charge in [-0.25, -0.2) is 4.98 Å². The summed E-state index contributed by atoms with van der Waals surface area (Å²) in [7, 11) is 0. The maximum Gasteiger partial charge on any atom is 0.253 e. The van der Waals surface area contributed by atoms with E-state index in [1.807, 2.05) is 16.6 Å². The lowest BCUT2D eigenvalue weighted by atomic mass is 9.87. The number of nitrogens with zero attached hydrogens (tertiary/aromatic N) is 4. The normalized spacial score (nSPS) is 15.3. The van der Waals surface area contributed by atoms with Gasteiger partial charge in [-0.05, 0) is 36.5 Å². The number of hydrogen-bond acceptors (Lipinski definition) is 3. The van der Waals surface area contributed by atoms with Crippen LogP contribution in [0.15, 0.2) is 67.0 Å². The molecule has 4 heteroatoms. The van der Waals surface area contributed by atoms with Gasteiger partial charge in [0.05, 0.1) is 11.4 Å². The van der Waals surface area contributed by atoms with E-state index in [4.69, 9.17) is 4.98 Å². The number of aromatic nitrogens is 4. The first-order valence-electron chi connectivity index (χ1n) is 8.94. The van der Waals surface area contributed by atoms with Gasteiger partial charge >= 0.3 is 0 Å². The highest BCUT2D eigenvalue weighted by Crippen LogP contribution is 2.36. The fraction of sp³-hybridized carbons (Fsp3) is 0.136. The van der Waals surface area contributed by atoms with E-state index < -0.39 is 0 Å². The minimum absolute atomic E-state index is 0.656. The molecule has 2 aromatic heterocycles. The zero-order valence-corrected chi connectivity index (χ0v) is 14.3. The fourth-order valence-electron chi connectivity index (χ4n) is 3.74. The Hall–Kier alpha value is -3.27. The highest BCUT2D eigenvalue weighted by atomic mass is 15.3. The van der Waals surface area contributed by atoms with Crippen LogP contribution in [0.2, 0.25) is 0 Å². The summed E-state index contributed by atoms with van der Waals surface area (Å²) in [6, 6.07) is 20.9. The lowest BCUT2D eigenvalue weighted by Crippen LogP contribution is -2.11. The Balaban J connectivity index is 1.77. The number of rotatable bonds is 2. The standard InChI is InChI=1S/C22H18N4/c1-3-8-16(9-4-1)14-18-12-7-13-19-20(18)25-22-23-15-24-26(22)21(19)17-10-5-2-6-11-17/h1-6,8-11,14-15H,7,12-13H2/b18-14-. The van der Waals surface area contributed by atoms with Crippen LogP contribution in [0.5, 0.6) is 0 Å². The Morgan fingerprint density at radius 1 is 0.885 bits per heavy atom. The fourth-order valence-corrected chi connectivity index (χ4v) is 3.74. The SMILES string of the molecule is C(=C1\CCCc2c1nc1ncnn1c2-c1ccccc1)/c1ccccc1. The highest BCUT2D eigenvalue weighted by Gasteiger charge is 2.23. The van der Waals surface area contributed by atoms with Crippen molar-refractivity contribution >= 4 is 17.4 Å². The monoisotopic (exact) mass is 338 g/mol. The zero-order valence-electron chi connectivity index (χ0n) is 14.3. The molecule has 4 aromatic rings. The van der Waals surface area contributed by atoms with Gasteiger partial charge in [0, 0.05) is 11.1 Å². The van der Waals surface area contributed by atoms with Crippen molar-refractivity contribution in [2.24, 2.45) is 0 Å². The van der Waals surface area contributed by atoms with E-state index in [1.165, 1.54) is 16.7 Å². The summed E-state index contributed by atoms with van der Waals surface area (Å²) in [4.78, 5) is 9.23. The summed E-state index contributed by atoms with van der Waals surface area (Å²) >= 11 is 0. The molecule has 0 spiro atoms. The average molecular weight is 338 g/mol. The van der Waals surface area contributed by atoms with E-state index in [1.54, 1.807) is 6.33 Å². The molecule has 0 unspecified atom stereocenters. The summed E-state index contributed by atoms with van der Waals surface area (Å²) < 4.78 is 1.87. The van der Waals surface area contributed by atoms with E-state index in [0.29, 0.717) is 5.78 Å². The van der Waals surface area contributed by atoms with Crippen LogP contribution in [0.1, 0.15) is 29.7 Å². The summed E-state index contributed by atoms with van der Waals surface area (Å²) in [5, 5.41) is 4.44. The first-order valence-corrected chi connectivity index (χ1v) is 8.94. The number of benzene rings is 2. The van der Waals surface area contributed by atoms with Gasteiger partial charge in [0.1, 0.15) is 6.33 Å². The molecule has 0 radical (unpaired) electrons. The molecule has 1 aliphatic rings. The minimum Gasteiger partial charge on any atom is -0.211 e. The van der Waals surface area contributed by atoms with Gasteiger partial charge in [-0.15, -0.1) is 0 Å². The van der Waals surface area contributed by atoms with E-state index in [-0.39, 0.29) is 0 Å². The summed E-state index contributed by atoms with van der Waals surface area (Å²) in [5.74, 6) is 0.656. The largest absolute Gasteiger partial charge is 0.253 e. The molecule has 2 aromatic carbocycles. The van der Waals surface area contributed by atoms with E-state index >= 15 is 0 Å². The molecular formula is C22H18N4. The molecule has 0 N–H and O–H groups in total. The highest BCUT2D eigenvalue weighted by molar-refractivity contribution is 5.85. The molecule has 2 heterocycles. The first-order chi connectivity index (χ1) is 12.9. The maximum absolute atomic E-state index is 4.86. The van der Waals surface area contributed by atoms with Crippen molar-refractivity contribution in [3.05, 3.63) is 83.8 Å². The predicted octanol–water partition coefficient (Wildman–Crippen LogP) is 4.67. The van der Waals surface area contributed by atoms with Gasteiger partial charge < -0.3 is 0 Å². The second-order valence-electron chi connectivity index (χ2n) is 6.56. The van der Waals surface area contributed by atoms with Crippen LogP contribution in [-0.4, -0.2) is 19.6 Å². The van der Waals surface area contributed by atoms with Crippen LogP contribution in [0.4, 0.5) is 0 Å². The second kappa shape index (κ2) is 6.23. The molecule has 26 heavy (non-hydrogen) atoms. The first kappa shape index (κ1) is 15.0. The molecule has 0 fully saturated rings. The molecule has 0 atom stereocenters. The van der Waals surface area contributed by atoms with Crippen molar-refractivity contribution in [2.75, 3.05) is 0 Å². The molecule has 1 aliphatic carbocycles. The van der Waals surface area contributed by atoms with Crippen LogP contribution in [0.25, 0.3) is 28.7 Å². The van der Waals surface area contributed by atoms with Crippen LogP contribution < -0.4 is 0 Å². The third-order valence-electron chi connectivity index (χ3n) is 4.89. The van der Waals surface area contributed by atoms with E-state index in [2.05, 4.69) is 64.7 Å². The summed E-state index contributed by atoms with van der Waals surface area (Å²) in [6.45, 7) is 0. The van der Waals surface area contributed by atoms with E-state index in [9.17, 15) is 0 Å². The molecule has 0 bridgehead atoms. The van der Waals surface area contributed by atoms with Crippen molar-refractivity contribution < 1.29 is 0 Å². The van der Waals surface area contributed by atoms with Crippen LogP contribution in [-0.2, 0) is 6.42 Å². The van der Waals surface area contributed by atoms with Gasteiger partial charge in [-0.2, -0.15) is 14.6 Å². The number of allylic oxidation sites excluding steroid dienone is 1. The Labute approximate surface area is 151 Å². The Bertz CT molecular complexity index is 1100. The quantitative estimate of drug-likeness (QED) is 0.533. The maximum atomic E-state index is 4.86. The topological polar surface area (TPSA) is 43.1 Å². The zero-order chi connectivity index (χ0) is 17.3. The summed E-state index contributed by atoms with van der Waals surface area (Å²) in [5.41, 5.74) is 7.09. The van der Waals surface area contributed by atoms with Crippen molar-refractivity contribution in [3.63, 3.8) is 0 Å². The van der Waals surface area contributed by atoms with Gasteiger partial charge in [0.25, 0.3) is 5.78 Å². The second-order valence-corrected chi connectivity index (χ2v) is 6.56. The van der Waals surface area contributed by atoms with Gasteiger partial charge in [-0.3, -0.25) is 0 Å².